The Kier molecular flexibility index (Phi) is 4.26. The normalized spacial score (nSPS) is 28.2. The highest BCUT2D eigenvalue weighted by molar-refractivity contribution is 5.71. The highest BCUT2D eigenvalue weighted by Crippen LogP contribution is 2.45. The minimum atomic E-state index is -0.782. The van der Waals surface area contributed by atoms with E-state index in [1.807, 2.05) is 30.3 Å². The van der Waals surface area contributed by atoms with Crippen molar-refractivity contribution in [2.24, 2.45) is 5.92 Å². The lowest BCUT2D eigenvalue weighted by Gasteiger charge is -2.42. The third-order valence-electron chi connectivity index (χ3n) is 4.53. The lowest BCUT2D eigenvalue weighted by atomic mass is 9.67. The van der Waals surface area contributed by atoms with E-state index in [2.05, 4.69) is 26.5 Å². The van der Waals surface area contributed by atoms with Crippen LogP contribution in [0.2, 0.25) is 0 Å². The van der Waals surface area contributed by atoms with Crippen molar-refractivity contribution >= 4 is 5.57 Å². The fourth-order valence-corrected chi connectivity index (χ4v) is 3.21. The topological polar surface area (TPSA) is 20.2 Å². The van der Waals surface area contributed by atoms with E-state index < -0.39 is 5.60 Å². The quantitative estimate of drug-likeness (QED) is 0.784. The summed E-state index contributed by atoms with van der Waals surface area (Å²) in [5.74, 6) is 0.207. The summed E-state index contributed by atoms with van der Waals surface area (Å²) < 4.78 is 0. The molecule has 1 saturated carbocycles. The molecule has 0 saturated heterocycles. The Morgan fingerprint density at radius 2 is 2.00 bits per heavy atom. The van der Waals surface area contributed by atoms with Crippen LogP contribution in [0.4, 0.5) is 0 Å². The zero-order valence-corrected chi connectivity index (χ0v) is 12.0. The Labute approximate surface area is 116 Å². The number of rotatable bonds is 3. The van der Waals surface area contributed by atoms with Gasteiger partial charge in [-0.3, -0.25) is 0 Å². The first kappa shape index (κ1) is 14.1. The smallest absolute Gasteiger partial charge is 0.0961 e. The number of allylic oxidation sites excluding steroid dienone is 1. The molecule has 0 radical (unpaired) electrons. The summed E-state index contributed by atoms with van der Waals surface area (Å²) in [7, 11) is 0. The van der Waals surface area contributed by atoms with E-state index in [9.17, 15) is 5.11 Å². The molecule has 1 N–H and O–H groups in total. The van der Waals surface area contributed by atoms with E-state index >= 15 is 0 Å². The van der Waals surface area contributed by atoms with Gasteiger partial charge in [-0.1, -0.05) is 61.4 Å². The molecule has 0 aromatic heterocycles. The van der Waals surface area contributed by atoms with Crippen molar-refractivity contribution in [2.75, 3.05) is 0 Å². The molecule has 19 heavy (non-hydrogen) atoms. The standard InChI is InChI=1S/C18H24O/c1-4-14(2)17-12-8-9-13-18(17,19)15(3)16-10-6-5-7-11-16/h4-7,10-11,17,19H,3,8-9,12-13H2,1-2H3/b14-4-. The molecular weight excluding hydrogens is 232 g/mol. The Bertz CT molecular complexity index is 472. The Balaban J connectivity index is 2.35. The van der Waals surface area contributed by atoms with E-state index in [4.69, 9.17) is 0 Å². The summed E-state index contributed by atoms with van der Waals surface area (Å²) in [5.41, 5.74) is 2.43. The molecule has 0 bridgehead atoms. The molecule has 102 valence electrons. The fourth-order valence-electron chi connectivity index (χ4n) is 3.21. The minimum absolute atomic E-state index is 0.207. The molecule has 1 heteroatoms. The number of benzene rings is 1. The summed E-state index contributed by atoms with van der Waals surface area (Å²) in [5, 5.41) is 11.2. The van der Waals surface area contributed by atoms with Gasteiger partial charge in [0, 0.05) is 5.92 Å². The van der Waals surface area contributed by atoms with Gasteiger partial charge in [-0.05, 0) is 37.8 Å². The second-order valence-electron chi connectivity index (χ2n) is 5.60. The maximum atomic E-state index is 11.2. The average Bonchev–Trinajstić information content (AvgIpc) is 2.47. The van der Waals surface area contributed by atoms with E-state index in [0.717, 1.165) is 30.4 Å². The van der Waals surface area contributed by atoms with Crippen molar-refractivity contribution in [3.05, 3.63) is 54.1 Å². The predicted octanol–water partition coefficient (Wildman–Crippen LogP) is 4.59. The van der Waals surface area contributed by atoms with E-state index in [1.165, 1.54) is 12.0 Å². The van der Waals surface area contributed by atoms with Crippen molar-refractivity contribution in [3.63, 3.8) is 0 Å². The first-order chi connectivity index (χ1) is 9.09. The van der Waals surface area contributed by atoms with Crippen LogP contribution in [0.1, 0.15) is 45.1 Å². The van der Waals surface area contributed by atoms with Gasteiger partial charge in [0.1, 0.15) is 0 Å². The monoisotopic (exact) mass is 256 g/mol. The largest absolute Gasteiger partial charge is 0.385 e. The molecule has 0 spiro atoms. The van der Waals surface area contributed by atoms with Gasteiger partial charge >= 0.3 is 0 Å². The molecule has 1 aliphatic carbocycles. The first-order valence-corrected chi connectivity index (χ1v) is 7.19. The molecule has 0 heterocycles. The van der Waals surface area contributed by atoms with Gasteiger partial charge in [-0.15, -0.1) is 0 Å². The SMILES string of the molecule is C=C(c1ccccc1)C1(O)CCCCC1/C(C)=C\C. The van der Waals surface area contributed by atoms with Crippen LogP contribution < -0.4 is 0 Å². The zero-order valence-electron chi connectivity index (χ0n) is 12.0. The fraction of sp³-hybridized carbons (Fsp3) is 0.444. The summed E-state index contributed by atoms with van der Waals surface area (Å²) in [4.78, 5) is 0. The van der Waals surface area contributed by atoms with Crippen LogP contribution >= 0.6 is 0 Å². The zero-order chi connectivity index (χ0) is 13.9. The molecule has 1 aliphatic rings. The van der Waals surface area contributed by atoms with Crippen LogP contribution in [0, 0.1) is 5.92 Å². The lowest BCUT2D eigenvalue weighted by Crippen LogP contribution is -2.42. The van der Waals surface area contributed by atoms with Gasteiger partial charge in [0.15, 0.2) is 0 Å². The molecule has 2 unspecified atom stereocenters. The van der Waals surface area contributed by atoms with E-state index in [-0.39, 0.29) is 5.92 Å². The van der Waals surface area contributed by atoms with Crippen LogP contribution in [0.5, 0.6) is 0 Å². The molecule has 1 fully saturated rings. The Morgan fingerprint density at radius 1 is 1.32 bits per heavy atom. The van der Waals surface area contributed by atoms with Crippen molar-refractivity contribution in [1.29, 1.82) is 0 Å². The maximum Gasteiger partial charge on any atom is 0.0961 e. The molecule has 1 aromatic carbocycles. The number of hydrogen-bond donors (Lipinski definition) is 1. The van der Waals surface area contributed by atoms with Gasteiger partial charge in [0.05, 0.1) is 5.60 Å². The van der Waals surface area contributed by atoms with Crippen molar-refractivity contribution in [1.82, 2.24) is 0 Å². The summed E-state index contributed by atoms with van der Waals surface area (Å²) in [6, 6.07) is 10.1. The van der Waals surface area contributed by atoms with Crippen LogP contribution in [0.3, 0.4) is 0 Å². The molecular formula is C18H24O. The molecule has 2 rings (SSSR count). The van der Waals surface area contributed by atoms with Crippen LogP contribution in [-0.2, 0) is 0 Å². The Morgan fingerprint density at radius 3 is 2.63 bits per heavy atom. The van der Waals surface area contributed by atoms with Crippen LogP contribution in [0.15, 0.2) is 48.6 Å². The van der Waals surface area contributed by atoms with E-state index in [0.29, 0.717) is 0 Å². The second kappa shape index (κ2) is 5.75. The highest BCUT2D eigenvalue weighted by Gasteiger charge is 2.42. The second-order valence-corrected chi connectivity index (χ2v) is 5.60. The van der Waals surface area contributed by atoms with Gasteiger partial charge < -0.3 is 5.11 Å². The number of hydrogen-bond acceptors (Lipinski definition) is 1. The Hall–Kier alpha value is -1.34. The third-order valence-corrected chi connectivity index (χ3v) is 4.53. The lowest BCUT2D eigenvalue weighted by molar-refractivity contribution is 0.0209. The minimum Gasteiger partial charge on any atom is -0.385 e. The summed E-state index contributed by atoms with van der Waals surface area (Å²) in [6.45, 7) is 8.39. The summed E-state index contributed by atoms with van der Waals surface area (Å²) in [6.07, 6.45) is 6.27. The van der Waals surface area contributed by atoms with Gasteiger partial charge in [-0.2, -0.15) is 0 Å². The van der Waals surface area contributed by atoms with Gasteiger partial charge in [0.25, 0.3) is 0 Å². The molecule has 0 amide bonds. The van der Waals surface area contributed by atoms with Crippen LogP contribution in [0.25, 0.3) is 5.57 Å². The number of aliphatic hydroxyl groups is 1. The first-order valence-electron chi connectivity index (χ1n) is 7.19. The summed E-state index contributed by atoms with van der Waals surface area (Å²) >= 11 is 0. The molecule has 1 aromatic rings. The third kappa shape index (κ3) is 2.66. The highest BCUT2D eigenvalue weighted by atomic mass is 16.3. The van der Waals surface area contributed by atoms with E-state index in [1.54, 1.807) is 0 Å². The average molecular weight is 256 g/mol. The van der Waals surface area contributed by atoms with Crippen molar-refractivity contribution in [3.8, 4) is 0 Å². The van der Waals surface area contributed by atoms with Gasteiger partial charge in [0.2, 0.25) is 0 Å². The van der Waals surface area contributed by atoms with Crippen molar-refractivity contribution in [2.45, 2.75) is 45.1 Å². The van der Waals surface area contributed by atoms with Crippen molar-refractivity contribution < 1.29 is 5.11 Å². The molecule has 0 aliphatic heterocycles. The molecule has 2 atom stereocenters. The maximum absolute atomic E-state index is 11.2. The van der Waals surface area contributed by atoms with Crippen LogP contribution in [-0.4, -0.2) is 10.7 Å². The van der Waals surface area contributed by atoms with Gasteiger partial charge in [-0.25, -0.2) is 0 Å². The predicted molar refractivity (Wildman–Crippen MR) is 81.8 cm³/mol. The molecule has 1 nitrogen and oxygen atoms in total.